The van der Waals surface area contributed by atoms with Gasteiger partial charge in [-0.3, -0.25) is 4.79 Å². The normalized spacial score (nSPS) is 9.82. The molecule has 0 saturated carbocycles. The van der Waals surface area contributed by atoms with E-state index in [-0.39, 0.29) is 18.6 Å². The fraction of sp³-hybridized carbons (Fsp3) is 0.600. The highest BCUT2D eigenvalue weighted by molar-refractivity contribution is 7.40. The summed E-state index contributed by atoms with van der Waals surface area (Å²) >= 11 is 0. The van der Waals surface area contributed by atoms with Gasteiger partial charge in [-0.15, -0.1) is 0 Å². The van der Waals surface area contributed by atoms with Gasteiger partial charge in [-0.25, -0.2) is 0 Å². The van der Waals surface area contributed by atoms with E-state index in [0.29, 0.717) is 0 Å². The standard InChI is InChI=1S/C5H9O5P/c1-4(6)2-3-5(7)10-11(8)9/h8-9H,2-3H2,1H3. The lowest BCUT2D eigenvalue weighted by molar-refractivity contribution is -0.136. The molecule has 2 N–H and O–H groups in total. The van der Waals surface area contributed by atoms with Crippen LogP contribution in [0, 0.1) is 0 Å². The van der Waals surface area contributed by atoms with Crippen LogP contribution in [0.4, 0.5) is 0 Å². The number of ketones is 1. The summed E-state index contributed by atoms with van der Waals surface area (Å²) in [6.07, 6.45) is -0.0305. The Bertz CT molecular complexity index is 155. The molecule has 0 aliphatic heterocycles. The van der Waals surface area contributed by atoms with Gasteiger partial charge in [-0.05, 0) is 6.92 Å². The Morgan fingerprint density at radius 1 is 1.36 bits per heavy atom. The van der Waals surface area contributed by atoms with Gasteiger partial charge in [0.1, 0.15) is 5.78 Å². The smallest absolute Gasteiger partial charge is 0.393 e. The molecule has 0 fully saturated rings. The van der Waals surface area contributed by atoms with Crippen LogP contribution in [0.5, 0.6) is 0 Å². The first-order valence-corrected chi connectivity index (χ1v) is 4.07. The zero-order valence-corrected chi connectivity index (χ0v) is 6.88. The summed E-state index contributed by atoms with van der Waals surface area (Å²) < 4.78 is 3.99. The van der Waals surface area contributed by atoms with E-state index in [2.05, 4.69) is 4.52 Å². The molecule has 0 aliphatic rings. The van der Waals surface area contributed by atoms with E-state index in [1.165, 1.54) is 6.92 Å². The van der Waals surface area contributed by atoms with E-state index in [1.54, 1.807) is 0 Å². The van der Waals surface area contributed by atoms with Crippen LogP contribution >= 0.6 is 8.60 Å². The molecule has 0 aromatic carbocycles. The van der Waals surface area contributed by atoms with Crippen molar-refractivity contribution in [2.45, 2.75) is 19.8 Å². The van der Waals surface area contributed by atoms with Crippen LogP contribution in [0.15, 0.2) is 0 Å². The summed E-state index contributed by atoms with van der Waals surface area (Å²) in [7, 11) is -2.63. The summed E-state index contributed by atoms with van der Waals surface area (Å²) in [6, 6.07) is 0. The van der Waals surface area contributed by atoms with Crippen LogP contribution in [0.25, 0.3) is 0 Å². The predicted molar refractivity (Wildman–Crippen MR) is 37.4 cm³/mol. The topological polar surface area (TPSA) is 83.8 Å². The van der Waals surface area contributed by atoms with Crippen LogP contribution in [0.3, 0.4) is 0 Å². The van der Waals surface area contributed by atoms with E-state index < -0.39 is 14.6 Å². The largest absolute Gasteiger partial charge is 0.394 e. The molecule has 0 atom stereocenters. The minimum Gasteiger partial charge on any atom is -0.394 e. The highest BCUT2D eigenvalue weighted by atomic mass is 31.2. The van der Waals surface area contributed by atoms with Gasteiger partial charge in [-0.1, -0.05) is 0 Å². The fourth-order valence-corrected chi connectivity index (χ4v) is 0.688. The minimum atomic E-state index is -2.63. The van der Waals surface area contributed by atoms with Crippen LogP contribution < -0.4 is 0 Å². The first kappa shape index (κ1) is 10.5. The van der Waals surface area contributed by atoms with E-state index >= 15 is 0 Å². The van der Waals surface area contributed by atoms with Gasteiger partial charge >= 0.3 is 14.6 Å². The monoisotopic (exact) mass is 180 g/mol. The van der Waals surface area contributed by atoms with Crippen molar-refractivity contribution in [3.8, 4) is 0 Å². The van der Waals surface area contributed by atoms with E-state index in [9.17, 15) is 9.59 Å². The van der Waals surface area contributed by atoms with Crippen molar-refractivity contribution in [2.75, 3.05) is 0 Å². The number of Topliss-reactive ketones (excluding diaryl/α,β-unsaturated/α-hetero) is 1. The second-order valence-corrected chi connectivity index (χ2v) is 2.61. The van der Waals surface area contributed by atoms with E-state index in [4.69, 9.17) is 9.79 Å². The number of hydrogen-bond acceptors (Lipinski definition) is 5. The summed E-state index contributed by atoms with van der Waals surface area (Å²) in [6.45, 7) is 1.34. The zero-order chi connectivity index (χ0) is 8.85. The molecular weight excluding hydrogens is 171 g/mol. The maximum atomic E-state index is 10.5. The molecule has 0 saturated heterocycles. The zero-order valence-electron chi connectivity index (χ0n) is 5.98. The summed E-state index contributed by atoms with van der Waals surface area (Å²) in [4.78, 5) is 37.1. The Balaban J connectivity index is 3.45. The third-order valence-corrected chi connectivity index (χ3v) is 1.23. The Kier molecular flexibility index (Phi) is 4.94. The molecule has 0 unspecified atom stereocenters. The van der Waals surface area contributed by atoms with Gasteiger partial charge < -0.3 is 19.1 Å². The number of hydrogen-bond donors (Lipinski definition) is 2. The quantitative estimate of drug-likeness (QED) is 0.600. The highest BCUT2D eigenvalue weighted by Gasteiger charge is 2.09. The van der Waals surface area contributed by atoms with Gasteiger partial charge in [0, 0.05) is 6.42 Å². The lowest BCUT2D eigenvalue weighted by atomic mass is 10.2. The van der Waals surface area contributed by atoms with Crippen LogP contribution in [-0.2, 0) is 14.1 Å². The Morgan fingerprint density at radius 3 is 2.27 bits per heavy atom. The van der Waals surface area contributed by atoms with E-state index in [0.717, 1.165) is 0 Å². The third kappa shape index (κ3) is 7.39. The Morgan fingerprint density at radius 2 is 1.91 bits per heavy atom. The van der Waals surface area contributed by atoms with Crippen molar-refractivity contribution < 1.29 is 23.9 Å². The van der Waals surface area contributed by atoms with Crippen molar-refractivity contribution >= 4 is 20.4 Å². The lowest BCUT2D eigenvalue weighted by Gasteiger charge is -2.01. The van der Waals surface area contributed by atoms with Crippen molar-refractivity contribution in [3.63, 3.8) is 0 Å². The molecule has 6 heteroatoms. The molecular formula is C5H9O5P. The van der Waals surface area contributed by atoms with Crippen LogP contribution in [0.1, 0.15) is 19.8 Å². The second-order valence-electron chi connectivity index (χ2n) is 1.92. The molecule has 0 amide bonds. The van der Waals surface area contributed by atoms with Crippen molar-refractivity contribution in [1.29, 1.82) is 0 Å². The van der Waals surface area contributed by atoms with Gasteiger partial charge in [-0.2, -0.15) is 0 Å². The second kappa shape index (κ2) is 5.18. The summed E-state index contributed by atoms with van der Waals surface area (Å²) in [5.74, 6) is -0.904. The first-order valence-electron chi connectivity index (χ1n) is 2.90. The van der Waals surface area contributed by atoms with Crippen LogP contribution in [0.2, 0.25) is 0 Å². The van der Waals surface area contributed by atoms with Crippen LogP contribution in [-0.4, -0.2) is 21.5 Å². The predicted octanol–water partition coefficient (Wildman–Crippen LogP) is 0.110. The van der Waals surface area contributed by atoms with Crippen molar-refractivity contribution in [1.82, 2.24) is 0 Å². The van der Waals surface area contributed by atoms with Gasteiger partial charge in [0.15, 0.2) is 0 Å². The average Bonchev–Trinajstić information content (AvgIpc) is 1.82. The molecule has 0 radical (unpaired) electrons. The molecule has 0 heterocycles. The lowest BCUT2D eigenvalue weighted by Crippen LogP contribution is -2.02. The summed E-state index contributed by atoms with van der Waals surface area (Å²) in [5.41, 5.74) is 0. The maximum Gasteiger partial charge on any atom is 0.393 e. The third-order valence-electron chi connectivity index (χ3n) is 0.865. The van der Waals surface area contributed by atoms with E-state index in [1.807, 2.05) is 0 Å². The molecule has 11 heavy (non-hydrogen) atoms. The molecule has 0 aromatic rings. The molecule has 0 aromatic heterocycles. The summed E-state index contributed by atoms with van der Waals surface area (Å²) in [5, 5.41) is 0. The number of carbonyl (C=O) groups excluding carboxylic acids is 2. The van der Waals surface area contributed by atoms with Crippen molar-refractivity contribution in [3.05, 3.63) is 0 Å². The highest BCUT2D eigenvalue weighted by Crippen LogP contribution is 2.25. The number of carbonyl (C=O) groups is 2. The van der Waals surface area contributed by atoms with Gasteiger partial charge in [0.25, 0.3) is 0 Å². The number of rotatable bonds is 4. The maximum absolute atomic E-state index is 10.5. The molecule has 0 spiro atoms. The fourth-order valence-electron chi connectivity index (χ4n) is 0.415. The average molecular weight is 180 g/mol. The molecule has 0 rings (SSSR count). The Hall–Kier alpha value is -0.510. The van der Waals surface area contributed by atoms with Gasteiger partial charge in [0.05, 0.1) is 6.42 Å². The molecule has 5 nitrogen and oxygen atoms in total. The first-order chi connectivity index (χ1) is 5.02. The molecule has 0 bridgehead atoms. The molecule has 64 valence electrons. The molecule has 0 aliphatic carbocycles. The SMILES string of the molecule is CC(=O)CCC(=O)OP(O)O. The van der Waals surface area contributed by atoms with Crippen molar-refractivity contribution in [2.24, 2.45) is 0 Å². The Labute approximate surface area is 65.0 Å². The minimum absolute atomic E-state index is 0.0714. The van der Waals surface area contributed by atoms with Gasteiger partial charge in [0.2, 0.25) is 0 Å².